The fourth-order valence-corrected chi connectivity index (χ4v) is 2.87. The van der Waals surface area contributed by atoms with Crippen LogP contribution in [0, 0.1) is 5.92 Å². The molecule has 1 aliphatic rings. The van der Waals surface area contributed by atoms with Gasteiger partial charge in [-0.15, -0.1) is 0 Å². The van der Waals surface area contributed by atoms with Crippen LogP contribution in [-0.2, 0) is 4.79 Å². The van der Waals surface area contributed by atoms with Crippen LogP contribution in [0.3, 0.4) is 0 Å². The van der Waals surface area contributed by atoms with Gasteiger partial charge in [0.1, 0.15) is 5.75 Å². The minimum atomic E-state index is -0.813. The zero-order valence-corrected chi connectivity index (χ0v) is 14.5. The van der Waals surface area contributed by atoms with Crippen LogP contribution < -0.4 is 14.8 Å². The lowest BCUT2D eigenvalue weighted by Crippen LogP contribution is -2.46. The summed E-state index contributed by atoms with van der Waals surface area (Å²) in [5.41, 5.74) is 0.401. The lowest BCUT2D eigenvalue weighted by molar-refractivity contribution is -0.145. The van der Waals surface area contributed by atoms with Crippen molar-refractivity contribution in [2.45, 2.75) is 25.8 Å². The first-order valence-electron chi connectivity index (χ1n) is 8.61. The standard InChI is InChI=1S/C20H21NO5/c1-2-25-17-9-5-6-10-18(17)26-16-8-4-3-7-15(16)19(22)21-14-11-13(12-14)20(23)24/h3-10,13-14H,2,11-12H2,1H3,(H,21,22)(H,23,24). The van der Waals surface area contributed by atoms with Crippen LogP contribution in [0.15, 0.2) is 48.5 Å². The molecule has 1 fully saturated rings. The molecule has 0 bridgehead atoms. The maximum atomic E-state index is 12.6. The predicted octanol–water partition coefficient (Wildman–Crippen LogP) is 3.47. The highest BCUT2D eigenvalue weighted by molar-refractivity contribution is 5.97. The second-order valence-electron chi connectivity index (χ2n) is 6.15. The monoisotopic (exact) mass is 355 g/mol. The molecule has 1 saturated carbocycles. The van der Waals surface area contributed by atoms with E-state index in [1.165, 1.54) is 0 Å². The van der Waals surface area contributed by atoms with Gasteiger partial charge in [0, 0.05) is 6.04 Å². The number of carbonyl (C=O) groups is 2. The van der Waals surface area contributed by atoms with Crippen LogP contribution >= 0.6 is 0 Å². The number of ether oxygens (including phenoxy) is 2. The van der Waals surface area contributed by atoms with Crippen LogP contribution in [0.2, 0.25) is 0 Å². The summed E-state index contributed by atoms with van der Waals surface area (Å²) in [5, 5.41) is 11.8. The highest BCUT2D eigenvalue weighted by Gasteiger charge is 2.35. The molecule has 1 aliphatic carbocycles. The maximum Gasteiger partial charge on any atom is 0.306 e. The van der Waals surface area contributed by atoms with Crippen LogP contribution in [-0.4, -0.2) is 29.6 Å². The number of benzene rings is 2. The van der Waals surface area contributed by atoms with E-state index < -0.39 is 5.97 Å². The van der Waals surface area contributed by atoms with E-state index in [9.17, 15) is 9.59 Å². The molecule has 0 heterocycles. The normalized spacial score (nSPS) is 18.5. The summed E-state index contributed by atoms with van der Waals surface area (Å²) in [6, 6.07) is 14.1. The van der Waals surface area contributed by atoms with E-state index in [0.29, 0.717) is 42.3 Å². The van der Waals surface area contributed by atoms with Crippen LogP contribution in [0.5, 0.6) is 17.2 Å². The summed E-state index contributed by atoms with van der Waals surface area (Å²) in [4.78, 5) is 23.5. The second kappa shape index (κ2) is 7.91. The Morgan fingerprint density at radius 3 is 2.31 bits per heavy atom. The lowest BCUT2D eigenvalue weighted by atomic mass is 9.80. The van der Waals surface area contributed by atoms with E-state index in [-0.39, 0.29) is 17.9 Å². The van der Waals surface area contributed by atoms with Crippen LogP contribution in [0.25, 0.3) is 0 Å². The van der Waals surface area contributed by atoms with Gasteiger partial charge in [-0.25, -0.2) is 0 Å². The van der Waals surface area contributed by atoms with Gasteiger partial charge >= 0.3 is 5.97 Å². The molecule has 1 amide bonds. The number of nitrogens with one attached hydrogen (secondary N) is 1. The molecule has 0 aromatic heterocycles. The zero-order chi connectivity index (χ0) is 18.5. The Morgan fingerprint density at radius 1 is 1.04 bits per heavy atom. The Hall–Kier alpha value is -3.02. The van der Waals surface area contributed by atoms with Crippen molar-refractivity contribution in [2.24, 2.45) is 5.92 Å². The topological polar surface area (TPSA) is 84.9 Å². The Bertz CT molecular complexity index is 798. The van der Waals surface area contributed by atoms with Crippen molar-refractivity contribution in [1.29, 1.82) is 0 Å². The summed E-state index contributed by atoms with van der Waals surface area (Å²) in [6.45, 7) is 2.40. The molecule has 6 heteroatoms. The maximum absolute atomic E-state index is 12.6. The first kappa shape index (κ1) is 17.8. The van der Waals surface area contributed by atoms with E-state index in [2.05, 4.69) is 5.32 Å². The van der Waals surface area contributed by atoms with Gasteiger partial charge in [0.25, 0.3) is 5.91 Å². The number of hydrogen-bond donors (Lipinski definition) is 2. The summed E-state index contributed by atoms with van der Waals surface area (Å²) < 4.78 is 11.5. The van der Waals surface area contributed by atoms with Gasteiger partial charge in [-0.2, -0.15) is 0 Å². The Morgan fingerprint density at radius 2 is 1.65 bits per heavy atom. The number of carbonyl (C=O) groups excluding carboxylic acids is 1. The number of rotatable bonds is 7. The van der Waals surface area contributed by atoms with E-state index in [1.807, 2.05) is 25.1 Å². The molecule has 2 N–H and O–H groups in total. The Labute approximate surface area is 151 Å². The minimum absolute atomic E-state index is 0.118. The number of amides is 1. The number of aliphatic carboxylic acids is 1. The molecule has 136 valence electrons. The summed E-state index contributed by atoms with van der Waals surface area (Å²) >= 11 is 0. The van der Waals surface area contributed by atoms with Crippen molar-refractivity contribution in [3.05, 3.63) is 54.1 Å². The van der Waals surface area contributed by atoms with Crippen LogP contribution in [0.1, 0.15) is 30.1 Å². The molecule has 26 heavy (non-hydrogen) atoms. The quantitative estimate of drug-likeness (QED) is 0.794. The molecule has 6 nitrogen and oxygen atoms in total. The van der Waals surface area contributed by atoms with E-state index >= 15 is 0 Å². The van der Waals surface area contributed by atoms with Gasteiger partial charge in [0.05, 0.1) is 18.1 Å². The third kappa shape index (κ3) is 3.96. The van der Waals surface area contributed by atoms with Gasteiger partial charge in [-0.3, -0.25) is 9.59 Å². The first-order chi connectivity index (χ1) is 12.6. The van der Waals surface area contributed by atoms with E-state index in [0.717, 1.165) is 0 Å². The van der Waals surface area contributed by atoms with Crippen molar-refractivity contribution >= 4 is 11.9 Å². The Balaban J connectivity index is 1.72. The number of hydrogen-bond acceptors (Lipinski definition) is 4. The summed E-state index contributed by atoms with van der Waals surface area (Å²) in [6.07, 6.45) is 0.911. The summed E-state index contributed by atoms with van der Waals surface area (Å²) in [5.74, 6) is 0.101. The predicted molar refractivity (Wildman–Crippen MR) is 95.7 cm³/mol. The molecule has 0 spiro atoms. The van der Waals surface area contributed by atoms with E-state index in [4.69, 9.17) is 14.6 Å². The van der Waals surface area contributed by atoms with Crippen molar-refractivity contribution in [2.75, 3.05) is 6.61 Å². The number of carboxylic acids is 1. The largest absolute Gasteiger partial charge is 0.490 e. The van der Waals surface area contributed by atoms with Gasteiger partial charge in [0.2, 0.25) is 0 Å². The SMILES string of the molecule is CCOc1ccccc1Oc1ccccc1C(=O)NC1CC(C(=O)O)C1. The molecule has 2 aromatic rings. The van der Waals surface area contributed by atoms with Crippen molar-refractivity contribution < 1.29 is 24.2 Å². The van der Waals surface area contributed by atoms with Gasteiger partial charge in [-0.05, 0) is 44.0 Å². The van der Waals surface area contributed by atoms with Crippen LogP contribution in [0.4, 0.5) is 0 Å². The lowest BCUT2D eigenvalue weighted by Gasteiger charge is -2.32. The van der Waals surface area contributed by atoms with Crippen molar-refractivity contribution in [3.63, 3.8) is 0 Å². The molecule has 0 radical (unpaired) electrons. The zero-order valence-electron chi connectivity index (χ0n) is 14.5. The molecule has 0 atom stereocenters. The fourth-order valence-electron chi connectivity index (χ4n) is 2.87. The molecule has 0 saturated heterocycles. The average Bonchev–Trinajstić information content (AvgIpc) is 2.59. The third-order valence-electron chi connectivity index (χ3n) is 4.32. The summed E-state index contributed by atoms with van der Waals surface area (Å²) in [7, 11) is 0. The highest BCUT2D eigenvalue weighted by atomic mass is 16.5. The fraction of sp³-hybridized carbons (Fsp3) is 0.300. The van der Waals surface area contributed by atoms with Crippen molar-refractivity contribution in [3.8, 4) is 17.2 Å². The smallest absolute Gasteiger partial charge is 0.306 e. The van der Waals surface area contributed by atoms with Gasteiger partial charge in [-0.1, -0.05) is 24.3 Å². The number of para-hydroxylation sites is 3. The molecule has 0 aliphatic heterocycles. The highest BCUT2D eigenvalue weighted by Crippen LogP contribution is 2.33. The first-order valence-corrected chi connectivity index (χ1v) is 8.61. The average molecular weight is 355 g/mol. The molecular formula is C20H21NO5. The third-order valence-corrected chi connectivity index (χ3v) is 4.32. The van der Waals surface area contributed by atoms with Crippen molar-refractivity contribution in [1.82, 2.24) is 5.32 Å². The van der Waals surface area contributed by atoms with E-state index in [1.54, 1.807) is 30.3 Å². The molecular weight excluding hydrogens is 334 g/mol. The molecule has 2 aromatic carbocycles. The number of carboxylic acid groups (broad SMARTS) is 1. The van der Waals surface area contributed by atoms with Gasteiger partial charge < -0.3 is 19.9 Å². The molecule has 3 rings (SSSR count). The molecule has 0 unspecified atom stereocenters. The Kier molecular flexibility index (Phi) is 5.41. The minimum Gasteiger partial charge on any atom is -0.490 e. The second-order valence-corrected chi connectivity index (χ2v) is 6.15. The van der Waals surface area contributed by atoms with Gasteiger partial charge in [0.15, 0.2) is 11.5 Å².